The molecule has 0 unspecified atom stereocenters. The van der Waals surface area contributed by atoms with Gasteiger partial charge in [0.2, 0.25) is 0 Å². The smallest absolute Gasteiger partial charge is 0.267 e. The van der Waals surface area contributed by atoms with Crippen molar-refractivity contribution in [3.05, 3.63) is 95.0 Å². The van der Waals surface area contributed by atoms with Gasteiger partial charge in [0.15, 0.2) is 0 Å². The van der Waals surface area contributed by atoms with Gasteiger partial charge in [0, 0.05) is 23.2 Å². The zero-order valence-corrected chi connectivity index (χ0v) is 16.9. The Morgan fingerprint density at radius 2 is 1.87 bits per heavy atom. The third-order valence-electron chi connectivity index (χ3n) is 4.87. The van der Waals surface area contributed by atoms with E-state index < -0.39 is 5.91 Å². The van der Waals surface area contributed by atoms with Crippen molar-refractivity contribution in [2.24, 2.45) is 0 Å². The van der Waals surface area contributed by atoms with E-state index in [9.17, 15) is 4.79 Å². The number of amides is 1. The fourth-order valence-corrected chi connectivity index (χ4v) is 3.53. The number of hydroxylamine groups is 1. The van der Waals surface area contributed by atoms with Crippen LogP contribution in [0.15, 0.2) is 78.9 Å². The van der Waals surface area contributed by atoms with Crippen LogP contribution in [0.2, 0.25) is 5.02 Å². The van der Waals surface area contributed by atoms with Crippen LogP contribution >= 0.6 is 11.6 Å². The highest BCUT2D eigenvalue weighted by atomic mass is 35.5. The van der Waals surface area contributed by atoms with Crippen molar-refractivity contribution in [2.75, 3.05) is 0 Å². The Morgan fingerprint density at radius 3 is 2.67 bits per heavy atom. The van der Waals surface area contributed by atoms with E-state index in [0.717, 1.165) is 46.0 Å². The average molecular weight is 418 g/mol. The minimum absolute atomic E-state index is 0.574. The molecule has 4 aromatic rings. The van der Waals surface area contributed by atoms with Gasteiger partial charge in [-0.2, -0.15) is 0 Å². The van der Waals surface area contributed by atoms with Gasteiger partial charge < -0.3 is 4.57 Å². The molecular formula is C24H20ClN3O2. The molecule has 0 aliphatic carbocycles. The third-order valence-corrected chi connectivity index (χ3v) is 5.13. The molecule has 6 heteroatoms. The number of halogens is 1. The van der Waals surface area contributed by atoms with Crippen molar-refractivity contribution in [2.45, 2.75) is 13.0 Å². The highest BCUT2D eigenvalue weighted by molar-refractivity contribution is 6.30. The first-order valence-corrected chi connectivity index (χ1v) is 9.94. The van der Waals surface area contributed by atoms with Gasteiger partial charge in [-0.3, -0.25) is 10.0 Å². The largest absolute Gasteiger partial charge is 0.324 e. The highest BCUT2D eigenvalue weighted by Crippen LogP contribution is 2.26. The highest BCUT2D eigenvalue weighted by Gasteiger charge is 2.12. The monoisotopic (exact) mass is 417 g/mol. The number of para-hydroxylation sites is 2. The Bertz CT molecular complexity index is 1210. The zero-order valence-electron chi connectivity index (χ0n) is 16.1. The number of carbonyl (C=O) groups is 1. The van der Waals surface area contributed by atoms with Crippen LogP contribution in [0.5, 0.6) is 0 Å². The second-order valence-electron chi connectivity index (χ2n) is 6.89. The molecule has 0 fully saturated rings. The number of nitrogens with one attached hydrogen (secondary N) is 1. The van der Waals surface area contributed by atoms with Gasteiger partial charge in [-0.25, -0.2) is 10.5 Å². The lowest BCUT2D eigenvalue weighted by Gasteiger charge is -2.10. The first kappa shape index (κ1) is 19.9. The van der Waals surface area contributed by atoms with E-state index in [1.807, 2.05) is 66.7 Å². The number of benzene rings is 3. The Balaban J connectivity index is 1.70. The second kappa shape index (κ2) is 8.95. The van der Waals surface area contributed by atoms with Gasteiger partial charge in [-0.05, 0) is 54.0 Å². The molecule has 0 saturated heterocycles. The number of hydrogen-bond acceptors (Lipinski definition) is 3. The molecule has 0 saturated carbocycles. The van der Waals surface area contributed by atoms with E-state index in [0.29, 0.717) is 0 Å². The molecule has 2 N–H and O–H groups in total. The van der Waals surface area contributed by atoms with Crippen molar-refractivity contribution >= 4 is 34.6 Å². The Hall–Kier alpha value is -3.41. The SMILES string of the molecule is O=C(C=Cc1cccc(-c2nc3ccccc3n2CCc2ccc(Cl)cc2)c1)NO. The fraction of sp³-hybridized carbons (Fsp3) is 0.0833. The van der Waals surface area contributed by atoms with Crippen LogP contribution in [-0.4, -0.2) is 20.7 Å². The number of fused-ring (bicyclic) bond motifs is 1. The van der Waals surface area contributed by atoms with Crippen LogP contribution in [0.25, 0.3) is 28.5 Å². The summed E-state index contributed by atoms with van der Waals surface area (Å²) in [4.78, 5) is 16.1. The zero-order chi connectivity index (χ0) is 20.9. The molecule has 30 heavy (non-hydrogen) atoms. The minimum Gasteiger partial charge on any atom is -0.324 e. The molecule has 0 aliphatic heterocycles. The third kappa shape index (κ3) is 4.43. The van der Waals surface area contributed by atoms with E-state index in [2.05, 4.69) is 10.6 Å². The van der Waals surface area contributed by atoms with Gasteiger partial charge in [0.25, 0.3) is 5.91 Å². The van der Waals surface area contributed by atoms with E-state index in [-0.39, 0.29) is 0 Å². The van der Waals surface area contributed by atoms with Crippen molar-refractivity contribution < 1.29 is 10.0 Å². The summed E-state index contributed by atoms with van der Waals surface area (Å²) >= 11 is 6.00. The predicted octanol–water partition coefficient (Wildman–Crippen LogP) is 5.12. The molecule has 3 aromatic carbocycles. The quantitative estimate of drug-likeness (QED) is 0.260. The molecular weight excluding hydrogens is 398 g/mol. The second-order valence-corrected chi connectivity index (χ2v) is 7.32. The maximum Gasteiger partial charge on any atom is 0.267 e. The molecule has 150 valence electrons. The molecule has 0 atom stereocenters. The van der Waals surface area contributed by atoms with E-state index >= 15 is 0 Å². The lowest BCUT2D eigenvalue weighted by atomic mass is 10.1. The predicted molar refractivity (Wildman–Crippen MR) is 119 cm³/mol. The molecule has 0 bridgehead atoms. The van der Waals surface area contributed by atoms with Crippen molar-refractivity contribution in [1.29, 1.82) is 0 Å². The molecule has 1 heterocycles. The summed E-state index contributed by atoms with van der Waals surface area (Å²) in [5.41, 5.74) is 6.60. The van der Waals surface area contributed by atoms with Gasteiger partial charge in [-0.15, -0.1) is 0 Å². The number of aryl methyl sites for hydroxylation is 2. The van der Waals surface area contributed by atoms with E-state index in [1.165, 1.54) is 11.6 Å². The number of imidazole rings is 1. The summed E-state index contributed by atoms with van der Waals surface area (Å²) in [5, 5.41) is 9.39. The van der Waals surface area contributed by atoms with E-state index in [4.69, 9.17) is 21.8 Å². The fourth-order valence-electron chi connectivity index (χ4n) is 3.40. The first-order valence-electron chi connectivity index (χ1n) is 9.56. The average Bonchev–Trinajstić information content (AvgIpc) is 3.16. The first-order chi connectivity index (χ1) is 14.6. The summed E-state index contributed by atoms with van der Waals surface area (Å²) in [6.07, 6.45) is 3.78. The van der Waals surface area contributed by atoms with Crippen LogP contribution in [0.1, 0.15) is 11.1 Å². The van der Waals surface area contributed by atoms with Crippen LogP contribution < -0.4 is 5.48 Å². The number of nitrogens with zero attached hydrogens (tertiary/aromatic N) is 2. The molecule has 5 nitrogen and oxygen atoms in total. The molecule has 0 aliphatic rings. The van der Waals surface area contributed by atoms with Crippen LogP contribution in [-0.2, 0) is 17.8 Å². The van der Waals surface area contributed by atoms with Crippen LogP contribution in [0.4, 0.5) is 0 Å². The standard InChI is InChI=1S/C24H20ClN3O2/c25-20-11-8-17(9-12-20)14-15-28-22-7-2-1-6-21(22)26-24(28)19-5-3-4-18(16-19)10-13-23(29)27-30/h1-13,16,30H,14-15H2,(H,27,29). The molecule has 0 spiro atoms. The van der Waals surface area contributed by atoms with Crippen molar-refractivity contribution in [1.82, 2.24) is 15.0 Å². The number of aromatic nitrogens is 2. The number of hydrogen-bond donors (Lipinski definition) is 2. The summed E-state index contributed by atoms with van der Waals surface area (Å²) in [6.45, 7) is 0.768. The molecule has 1 amide bonds. The lowest BCUT2D eigenvalue weighted by Crippen LogP contribution is -2.14. The van der Waals surface area contributed by atoms with Gasteiger partial charge >= 0.3 is 0 Å². The molecule has 4 rings (SSSR count). The lowest BCUT2D eigenvalue weighted by molar-refractivity contribution is -0.124. The van der Waals surface area contributed by atoms with Crippen LogP contribution in [0, 0.1) is 0 Å². The maximum atomic E-state index is 11.3. The van der Waals surface area contributed by atoms with Crippen molar-refractivity contribution in [3.63, 3.8) is 0 Å². The summed E-state index contributed by atoms with van der Waals surface area (Å²) in [7, 11) is 0. The normalized spacial score (nSPS) is 11.3. The number of rotatable bonds is 6. The molecule has 0 radical (unpaired) electrons. The Morgan fingerprint density at radius 1 is 1.07 bits per heavy atom. The van der Waals surface area contributed by atoms with Crippen LogP contribution in [0.3, 0.4) is 0 Å². The van der Waals surface area contributed by atoms with Gasteiger partial charge in [0.05, 0.1) is 11.0 Å². The molecule has 1 aromatic heterocycles. The topological polar surface area (TPSA) is 67.2 Å². The summed E-state index contributed by atoms with van der Waals surface area (Å²) in [6, 6.07) is 23.8. The van der Waals surface area contributed by atoms with Gasteiger partial charge in [-0.1, -0.05) is 54.1 Å². The maximum absolute atomic E-state index is 11.3. The summed E-state index contributed by atoms with van der Waals surface area (Å²) in [5.74, 6) is 0.294. The number of carbonyl (C=O) groups excluding carboxylic acids is 1. The van der Waals surface area contributed by atoms with E-state index in [1.54, 1.807) is 11.6 Å². The Labute approximate surface area is 179 Å². The van der Waals surface area contributed by atoms with Crippen molar-refractivity contribution in [3.8, 4) is 11.4 Å². The Kier molecular flexibility index (Phi) is 5.93. The minimum atomic E-state index is -0.574. The van der Waals surface area contributed by atoms with Gasteiger partial charge in [0.1, 0.15) is 5.82 Å². The summed E-state index contributed by atoms with van der Waals surface area (Å²) < 4.78 is 2.22.